The highest BCUT2D eigenvalue weighted by Crippen LogP contribution is 2.40. The van der Waals surface area contributed by atoms with E-state index in [-0.39, 0.29) is 24.5 Å². The summed E-state index contributed by atoms with van der Waals surface area (Å²) < 4.78 is 11.9. The van der Waals surface area contributed by atoms with E-state index in [0.29, 0.717) is 17.2 Å². The molecule has 3 aromatic carbocycles. The molecule has 0 spiro atoms. The Morgan fingerprint density at radius 1 is 0.968 bits per heavy atom. The van der Waals surface area contributed by atoms with Gasteiger partial charge < -0.3 is 14.4 Å². The molecule has 0 aliphatic carbocycles. The lowest BCUT2D eigenvalue weighted by Crippen LogP contribution is -2.38. The van der Waals surface area contributed by atoms with Crippen LogP contribution in [0.2, 0.25) is 5.02 Å². The number of carbonyl (C=O) groups is 1. The molecule has 0 bridgehead atoms. The monoisotopic (exact) mass is 435 g/mol. The van der Waals surface area contributed by atoms with E-state index in [1.807, 2.05) is 24.3 Å². The number of esters is 1. The van der Waals surface area contributed by atoms with Crippen molar-refractivity contribution in [3.63, 3.8) is 0 Å². The van der Waals surface area contributed by atoms with Crippen molar-refractivity contribution in [2.24, 2.45) is 0 Å². The van der Waals surface area contributed by atoms with Crippen LogP contribution >= 0.6 is 11.6 Å². The third-order valence-electron chi connectivity index (χ3n) is 5.75. The standard InChI is InChI=1S/C26H26ClNO3/c1-17-11-18(2)13-21(12-17)30-16-25-23(22-9-4-5-10-24(22)28(25)3)15-31-26(29)19-7-6-8-20(27)14-19/h4-14,23,25H,15-16H2,1-3H3/t23-,25+/m0/s1. The molecule has 4 nitrogen and oxygen atoms in total. The maximum atomic E-state index is 12.6. The van der Waals surface area contributed by atoms with Gasteiger partial charge in [-0.05, 0) is 66.9 Å². The van der Waals surface area contributed by atoms with Gasteiger partial charge in [-0.1, -0.05) is 41.9 Å². The average Bonchev–Trinajstić information content (AvgIpc) is 3.01. The minimum Gasteiger partial charge on any atom is -0.491 e. The van der Waals surface area contributed by atoms with Gasteiger partial charge in [-0.25, -0.2) is 4.79 Å². The van der Waals surface area contributed by atoms with Gasteiger partial charge in [-0.15, -0.1) is 0 Å². The smallest absolute Gasteiger partial charge is 0.338 e. The van der Waals surface area contributed by atoms with Gasteiger partial charge in [0.1, 0.15) is 19.0 Å². The number of carbonyl (C=O) groups excluding carboxylic acids is 1. The van der Waals surface area contributed by atoms with Crippen LogP contribution in [0.1, 0.15) is 33.0 Å². The maximum absolute atomic E-state index is 12.6. The van der Waals surface area contributed by atoms with Gasteiger partial charge in [0, 0.05) is 23.7 Å². The summed E-state index contributed by atoms with van der Waals surface area (Å²) in [6.45, 7) is 4.89. The molecule has 0 aromatic heterocycles. The molecule has 2 atom stereocenters. The van der Waals surface area contributed by atoms with E-state index < -0.39 is 0 Å². The number of rotatable bonds is 6. The van der Waals surface area contributed by atoms with Crippen LogP contribution in [0, 0.1) is 13.8 Å². The number of hydrogen-bond donors (Lipinski definition) is 0. The summed E-state index contributed by atoms with van der Waals surface area (Å²) in [6, 6.07) is 21.3. The summed E-state index contributed by atoms with van der Waals surface area (Å²) in [5.74, 6) is 0.496. The number of ether oxygens (including phenoxy) is 2. The van der Waals surface area contributed by atoms with E-state index in [9.17, 15) is 4.79 Å². The van der Waals surface area contributed by atoms with Crippen molar-refractivity contribution in [3.8, 4) is 5.75 Å². The lowest BCUT2D eigenvalue weighted by atomic mass is 9.96. The molecule has 0 radical (unpaired) electrons. The van der Waals surface area contributed by atoms with Crippen LogP contribution in [0.25, 0.3) is 0 Å². The number of aryl methyl sites for hydroxylation is 2. The first kappa shape index (κ1) is 21.3. The molecule has 4 rings (SSSR count). The number of anilines is 1. The van der Waals surface area contributed by atoms with E-state index in [1.165, 1.54) is 11.1 Å². The lowest BCUT2D eigenvalue weighted by Gasteiger charge is -2.27. The number of para-hydroxylation sites is 1. The SMILES string of the molecule is Cc1cc(C)cc(OC[C@@H]2[C@@H](COC(=O)c3cccc(Cl)c3)c3ccccc3N2C)c1. The van der Waals surface area contributed by atoms with E-state index in [1.54, 1.807) is 24.3 Å². The van der Waals surface area contributed by atoms with Crippen LogP contribution in [0.4, 0.5) is 5.69 Å². The molecule has 1 aliphatic rings. The number of nitrogens with zero attached hydrogens (tertiary/aromatic N) is 1. The topological polar surface area (TPSA) is 38.8 Å². The van der Waals surface area contributed by atoms with Gasteiger partial charge in [0.15, 0.2) is 0 Å². The Morgan fingerprint density at radius 3 is 2.45 bits per heavy atom. The predicted molar refractivity (Wildman–Crippen MR) is 125 cm³/mol. The Hall–Kier alpha value is -2.98. The van der Waals surface area contributed by atoms with Crippen LogP contribution in [-0.4, -0.2) is 32.3 Å². The first-order chi connectivity index (χ1) is 14.9. The second kappa shape index (κ2) is 9.03. The molecule has 0 amide bonds. The quantitative estimate of drug-likeness (QED) is 0.459. The molecule has 0 N–H and O–H groups in total. The fourth-order valence-electron chi connectivity index (χ4n) is 4.27. The Labute approximate surface area is 188 Å². The summed E-state index contributed by atoms with van der Waals surface area (Å²) in [7, 11) is 2.06. The number of benzene rings is 3. The third kappa shape index (κ3) is 4.70. The summed E-state index contributed by atoms with van der Waals surface area (Å²) >= 11 is 6.02. The number of likely N-dealkylation sites (N-methyl/N-ethyl adjacent to an activating group) is 1. The van der Waals surface area contributed by atoms with Gasteiger partial charge in [-0.3, -0.25) is 0 Å². The summed E-state index contributed by atoms with van der Waals surface area (Å²) in [4.78, 5) is 14.8. The fourth-order valence-corrected chi connectivity index (χ4v) is 4.46. The van der Waals surface area contributed by atoms with Crippen LogP contribution in [0.15, 0.2) is 66.7 Å². The zero-order chi connectivity index (χ0) is 22.0. The summed E-state index contributed by atoms with van der Waals surface area (Å²) in [5.41, 5.74) is 5.10. The lowest BCUT2D eigenvalue weighted by molar-refractivity contribution is 0.0464. The first-order valence-electron chi connectivity index (χ1n) is 10.4. The van der Waals surface area contributed by atoms with E-state index in [0.717, 1.165) is 17.0 Å². The van der Waals surface area contributed by atoms with Crippen LogP contribution < -0.4 is 9.64 Å². The Morgan fingerprint density at radius 2 is 1.71 bits per heavy atom. The van der Waals surface area contributed by atoms with Gasteiger partial charge in [-0.2, -0.15) is 0 Å². The Kier molecular flexibility index (Phi) is 6.19. The first-order valence-corrected chi connectivity index (χ1v) is 10.8. The second-order valence-electron chi connectivity index (χ2n) is 8.09. The van der Waals surface area contributed by atoms with Gasteiger partial charge in [0.2, 0.25) is 0 Å². The molecule has 160 valence electrons. The number of halogens is 1. The predicted octanol–water partition coefficient (Wildman–Crippen LogP) is 5.79. The molecule has 3 aromatic rings. The van der Waals surface area contributed by atoms with Crippen molar-refractivity contribution >= 4 is 23.3 Å². The molecule has 0 fully saturated rings. The van der Waals surface area contributed by atoms with Gasteiger partial charge in [0.25, 0.3) is 0 Å². The molecular weight excluding hydrogens is 410 g/mol. The number of hydrogen-bond acceptors (Lipinski definition) is 4. The second-order valence-corrected chi connectivity index (χ2v) is 8.52. The summed E-state index contributed by atoms with van der Waals surface area (Å²) in [6.07, 6.45) is 0. The third-order valence-corrected chi connectivity index (χ3v) is 5.98. The van der Waals surface area contributed by atoms with Crippen LogP contribution in [0.3, 0.4) is 0 Å². The minimum atomic E-state index is -0.372. The largest absolute Gasteiger partial charge is 0.491 e. The van der Waals surface area contributed by atoms with Crippen LogP contribution in [-0.2, 0) is 4.74 Å². The van der Waals surface area contributed by atoms with Crippen molar-refractivity contribution in [1.29, 1.82) is 0 Å². The van der Waals surface area contributed by atoms with Gasteiger partial charge >= 0.3 is 5.97 Å². The fraction of sp³-hybridized carbons (Fsp3) is 0.269. The van der Waals surface area contributed by atoms with E-state index >= 15 is 0 Å². The Balaban J connectivity index is 1.51. The van der Waals surface area contributed by atoms with Gasteiger partial charge in [0.05, 0.1) is 11.6 Å². The minimum absolute atomic E-state index is 0.00948. The number of fused-ring (bicyclic) bond motifs is 1. The molecule has 5 heteroatoms. The molecule has 1 heterocycles. The summed E-state index contributed by atoms with van der Waals surface area (Å²) in [5, 5.41) is 0.514. The van der Waals surface area contributed by atoms with Crippen molar-refractivity contribution in [2.75, 3.05) is 25.2 Å². The highest BCUT2D eigenvalue weighted by atomic mass is 35.5. The maximum Gasteiger partial charge on any atom is 0.338 e. The van der Waals surface area contributed by atoms with Crippen molar-refractivity contribution in [2.45, 2.75) is 25.8 Å². The van der Waals surface area contributed by atoms with Crippen molar-refractivity contribution in [1.82, 2.24) is 0 Å². The molecular formula is C26H26ClNO3. The molecule has 1 aliphatic heterocycles. The van der Waals surface area contributed by atoms with Crippen LogP contribution in [0.5, 0.6) is 5.75 Å². The molecule has 0 unspecified atom stereocenters. The molecule has 31 heavy (non-hydrogen) atoms. The van der Waals surface area contributed by atoms with E-state index in [4.69, 9.17) is 21.1 Å². The van der Waals surface area contributed by atoms with Crippen molar-refractivity contribution in [3.05, 3.63) is 94.0 Å². The zero-order valence-corrected chi connectivity index (χ0v) is 18.7. The van der Waals surface area contributed by atoms with Crippen molar-refractivity contribution < 1.29 is 14.3 Å². The van der Waals surface area contributed by atoms with E-state index in [2.05, 4.69) is 44.0 Å². The molecule has 0 saturated heterocycles. The average molecular weight is 436 g/mol. The highest BCUT2D eigenvalue weighted by molar-refractivity contribution is 6.30. The Bertz CT molecular complexity index is 1080. The normalized spacial score (nSPS) is 17.4. The highest BCUT2D eigenvalue weighted by Gasteiger charge is 2.37. The zero-order valence-electron chi connectivity index (χ0n) is 18.0. The molecule has 0 saturated carbocycles.